The average Bonchev–Trinajstić information content (AvgIpc) is 2.59. The highest BCUT2D eigenvalue weighted by molar-refractivity contribution is 9.10. The van der Waals surface area contributed by atoms with Crippen LogP contribution >= 0.6 is 15.9 Å². The zero-order valence-corrected chi connectivity index (χ0v) is 12.4. The monoisotopic (exact) mass is 328 g/mol. The van der Waals surface area contributed by atoms with Gasteiger partial charge >= 0.3 is 6.09 Å². The molecular weight excluding hydrogens is 315 g/mol. The van der Waals surface area contributed by atoms with Crippen LogP contribution in [0.2, 0.25) is 0 Å². The molecule has 2 rings (SSSR count). The molecule has 0 saturated heterocycles. The van der Waals surface area contributed by atoms with E-state index in [1.807, 2.05) is 0 Å². The zero-order valence-electron chi connectivity index (χ0n) is 10.8. The molecule has 2 N–H and O–H groups in total. The number of nitrogens with one attached hydrogen (secondary N) is 2. The molecule has 4 nitrogen and oxygen atoms in total. The zero-order chi connectivity index (χ0) is 14.2. The lowest BCUT2D eigenvalue weighted by molar-refractivity contribution is 0.0636. The van der Waals surface area contributed by atoms with Crippen LogP contribution in [0.25, 0.3) is 10.9 Å². The molecule has 0 spiro atoms. The fourth-order valence-electron chi connectivity index (χ4n) is 1.63. The Labute approximate surface area is 118 Å². The van der Waals surface area contributed by atoms with Gasteiger partial charge in [-0.25, -0.2) is 9.18 Å². The van der Waals surface area contributed by atoms with E-state index in [9.17, 15) is 9.18 Å². The van der Waals surface area contributed by atoms with Gasteiger partial charge in [0.1, 0.15) is 11.4 Å². The second kappa shape index (κ2) is 4.85. The Hall–Kier alpha value is -1.56. The number of fused-ring (bicyclic) bond motifs is 1. The van der Waals surface area contributed by atoms with E-state index in [4.69, 9.17) is 4.74 Å². The quantitative estimate of drug-likeness (QED) is 0.814. The number of hydrogen-bond donors (Lipinski definition) is 2. The summed E-state index contributed by atoms with van der Waals surface area (Å²) in [6, 6.07) is 2.97. The highest BCUT2D eigenvalue weighted by atomic mass is 79.9. The predicted octanol–water partition coefficient (Wildman–Crippen LogP) is 4.42. The van der Waals surface area contributed by atoms with E-state index in [0.717, 1.165) is 0 Å². The Morgan fingerprint density at radius 1 is 1.42 bits per heavy atom. The number of carbonyl (C=O) groups excluding carboxylic acids is 1. The van der Waals surface area contributed by atoms with Gasteiger partial charge in [0, 0.05) is 11.6 Å². The van der Waals surface area contributed by atoms with Crippen molar-refractivity contribution in [3.63, 3.8) is 0 Å². The van der Waals surface area contributed by atoms with E-state index in [1.165, 1.54) is 6.07 Å². The summed E-state index contributed by atoms with van der Waals surface area (Å²) >= 11 is 3.12. The first-order valence-electron chi connectivity index (χ1n) is 5.72. The summed E-state index contributed by atoms with van der Waals surface area (Å²) in [5.74, 6) is -0.363. The molecule has 19 heavy (non-hydrogen) atoms. The van der Waals surface area contributed by atoms with Crippen LogP contribution in [-0.4, -0.2) is 16.7 Å². The molecule has 0 saturated carbocycles. The van der Waals surface area contributed by atoms with Crippen molar-refractivity contribution in [1.82, 2.24) is 4.98 Å². The lowest BCUT2D eigenvalue weighted by atomic mass is 10.2. The molecular formula is C13H14BrFN2O2. The number of halogens is 2. The van der Waals surface area contributed by atoms with E-state index in [0.29, 0.717) is 21.1 Å². The van der Waals surface area contributed by atoms with Gasteiger partial charge < -0.3 is 9.72 Å². The first-order valence-corrected chi connectivity index (χ1v) is 6.52. The molecule has 1 heterocycles. The number of aromatic nitrogens is 1. The minimum atomic E-state index is -0.567. The molecule has 102 valence electrons. The van der Waals surface area contributed by atoms with Crippen LogP contribution in [0.1, 0.15) is 20.8 Å². The number of H-pyrrole nitrogens is 1. The summed E-state index contributed by atoms with van der Waals surface area (Å²) in [6.45, 7) is 5.36. The van der Waals surface area contributed by atoms with E-state index in [-0.39, 0.29) is 5.82 Å². The van der Waals surface area contributed by atoms with Gasteiger partial charge in [-0.3, -0.25) is 5.32 Å². The molecule has 0 atom stereocenters. The largest absolute Gasteiger partial charge is 0.444 e. The maximum Gasteiger partial charge on any atom is 0.412 e. The van der Waals surface area contributed by atoms with Crippen LogP contribution in [0, 0.1) is 5.82 Å². The van der Waals surface area contributed by atoms with Crippen LogP contribution in [-0.2, 0) is 4.74 Å². The highest BCUT2D eigenvalue weighted by Gasteiger charge is 2.17. The highest BCUT2D eigenvalue weighted by Crippen LogP contribution is 2.28. The lowest BCUT2D eigenvalue weighted by Gasteiger charge is -2.19. The van der Waals surface area contributed by atoms with Crippen LogP contribution in [0.5, 0.6) is 0 Å². The first-order chi connectivity index (χ1) is 8.76. The Kier molecular flexibility index (Phi) is 3.54. The Morgan fingerprint density at radius 2 is 2.11 bits per heavy atom. The Bertz CT molecular complexity index is 631. The van der Waals surface area contributed by atoms with Gasteiger partial charge in [-0.05, 0) is 48.8 Å². The third-order valence-electron chi connectivity index (χ3n) is 2.36. The van der Waals surface area contributed by atoms with Crippen LogP contribution in [0.3, 0.4) is 0 Å². The second-order valence-corrected chi connectivity index (χ2v) is 6.00. The van der Waals surface area contributed by atoms with Gasteiger partial charge in [0.15, 0.2) is 0 Å². The maximum atomic E-state index is 13.4. The summed E-state index contributed by atoms with van der Waals surface area (Å²) in [7, 11) is 0. The number of carbonyl (C=O) groups is 1. The molecule has 2 aromatic rings. The third kappa shape index (κ3) is 3.26. The fourth-order valence-corrected chi connectivity index (χ4v) is 1.98. The lowest BCUT2D eigenvalue weighted by Crippen LogP contribution is -2.27. The van der Waals surface area contributed by atoms with Crippen LogP contribution in [0.4, 0.5) is 14.9 Å². The number of rotatable bonds is 1. The van der Waals surface area contributed by atoms with Gasteiger partial charge in [-0.15, -0.1) is 0 Å². The summed E-state index contributed by atoms with van der Waals surface area (Å²) in [5, 5.41) is 3.34. The molecule has 1 aromatic carbocycles. The van der Waals surface area contributed by atoms with Crippen LogP contribution < -0.4 is 5.32 Å². The van der Waals surface area contributed by atoms with E-state index in [1.54, 1.807) is 33.0 Å². The summed E-state index contributed by atoms with van der Waals surface area (Å²) < 4.78 is 18.9. The summed E-state index contributed by atoms with van der Waals surface area (Å²) in [4.78, 5) is 14.6. The van der Waals surface area contributed by atoms with Gasteiger partial charge in [0.25, 0.3) is 0 Å². The molecule has 0 unspecified atom stereocenters. The summed E-state index contributed by atoms with van der Waals surface area (Å²) in [5.41, 5.74) is 0.583. The van der Waals surface area contributed by atoms with Gasteiger partial charge in [-0.1, -0.05) is 0 Å². The van der Waals surface area contributed by atoms with Crippen molar-refractivity contribution in [3.8, 4) is 0 Å². The molecule has 0 aliphatic heterocycles. The second-order valence-electron chi connectivity index (χ2n) is 5.14. The van der Waals surface area contributed by atoms with Crippen molar-refractivity contribution in [2.24, 2.45) is 0 Å². The summed E-state index contributed by atoms with van der Waals surface area (Å²) in [6.07, 6.45) is 1.05. The van der Waals surface area contributed by atoms with Crippen molar-refractivity contribution in [1.29, 1.82) is 0 Å². The molecule has 0 aliphatic carbocycles. The number of amides is 1. The molecule has 0 bridgehead atoms. The van der Waals surface area contributed by atoms with Crippen molar-refractivity contribution < 1.29 is 13.9 Å². The minimum absolute atomic E-state index is 0.340. The Balaban J connectivity index is 2.27. The first kappa shape index (κ1) is 13.9. The predicted molar refractivity (Wildman–Crippen MR) is 75.8 cm³/mol. The number of aromatic amines is 1. The molecule has 0 radical (unpaired) electrons. The molecule has 0 fully saturated rings. The number of anilines is 1. The number of benzene rings is 1. The van der Waals surface area contributed by atoms with Crippen molar-refractivity contribution in [2.45, 2.75) is 26.4 Å². The van der Waals surface area contributed by atoms with E-state index >= 15 is 0 Å². The van der Waals surface area contributed by atoms with Gasteiger partial charge in [0.05, 0.1) is 15.7 Å². The van der Waals surface area contributed by atoms with Crippen LogP contribution in [0.15, 0.2) is 22.8 Å². The topological polar surface area (TPSA) is 54.1 Å². The van der Waals surface area contributed by atoms with Crippen molar-refractivity contribution in [3.05, 3.63) is 28.6 Å². The van der Waals surface area contributed by atoms with Gasteiger partial charge in [0.2, 0.25) is 0 Å². The molecule has 0 aliphatic rings. The maximum absolute atomic E-state index is 13.4. The Morgan fingerprint density at radius 3 is 2.74 bits per heavy atom. The normalized spacial score (nSPS) is 11.6. The minimum Gasteiger partial charge on any atom is -0.444 e. The molecule has 6 heteroatoms. The average molecular weight is 329 g/mol. The molecule has 1 amide bonds. The van der Waals surface area contributed by atoms with Crippen molar-refractivity contribution >= 4 is 38.6 Å². The standard InChI is InChI=1S/C13H14BrFN2O2/c1-13(2,3)19-12(18)17-11-6-16-10-5-9(15)8(14)4-7(10)11/h4-6,16H,1-3H3,(H,17,18). The number of ether oxygens (including phenoxy) is 1. The molecule has 1 aromatic heterocycles. The van der Waals surface area contributed by atoms with Crippen molar-refractivity contribution in [2.75, 3.05) is 5.32 Å². The number of hydrogen-bond acceptors (Lipinski definition) is 2. The SMILES string of the molecule is CC(C)(C)OC(=O)Nc1c[nH]c2cc(F)c(Br)cc12. The third-order valence-corrected chi connectivity index (χ3v) is 2.97. The van der Waals surface area contributed by atoms with E-state index in [2.05, 4.69) is 26.2 Å². The fraction of sp³-hybridized carbons (Fsp3) is 0.308. The smallest absolute Gasteiger partial charge is 0.412 e. The van der Waals surface area contributed by atoms with E-state index < -0.39 is 11.7 Å². The van der Waals surface area contributed by atoms with Gasteiger partial charge in [-0.2, -0.15) is 0 Å².